The van der Waals surface area contributed by atoms with E-state index in [-0.39, 0.29) is 0 Å². The summed E-state index contributed by atoms with van der Waals surface area (Å²) in [5, 5.41) is 10.5. The van der Waals surface area contributed by atoms with Crippen LogP contribution in [0.25, 0.3) is 83.0 Å². The molecular weight excluding hydrogens is 578 g/mol. The first-order valence-corrected chi connectivity index (χ1v) is 15.6. The van der Waals surface area contributed by atoms with E-state index in [0.717, 1.165) is 55.2 Å². The molecular formula is C40H25N7. The SMILES string of the molecule is c1ccc(-n2ncc3c2ccc2c4ccc(-c5ccc6c(c5)c5ccccc5n6-c5ccccc5)cc4n(-c4ncncn4)c23)cc1. The summed E-state index contributed by atoms with van der Waals surface area (Å²) in [7, 11) is 0. The minimum atomic E-state index is 0.568. The van der Waals surface area contributed by atoms with Crippen LogP contribution in [0, 0.1) is 0 Å². The Kier molecular flexibility index (Phi) is 5.44. The third-order valence-corrected chi connectivity index (χ3v) is 9.18. The predicted molar refractivity (Wildman–Crippen MR) is 189 cm³/mol. The Hall–Kier alpha value is -6.60. The van der Waals surface area contributed by atoms with Crippen LogP contribution < -0.4 is 0 Å². The van der Waals surface area contributed by atoms with Crippen molar-refractivity contribution in [2.24, 2.45) is 0 Å². The minimum Gasteiger partial charge on any atom is -0.309 e. The highest BCUT2D eigenvalue weighted by Gasteiger charge is 2.20. The molecule has 0 aliphatic rings. The van der Waals surface area contributed by atoms with Crippen LogP contribution in [0.2, 0.25) is 0 Å². The van der Waals surface area contributed by atoms with Crippen LogP contribution in [0.15, 0.2) is 152 Å². The minimum absolute atomic E-state index is 0.568. The summed E-state index contributed by atoms with van der Waals surface area (Å²) >= 11 is 0. The summed E-state index contributed by atoms with van der Waals surface area (Å²) in [5.74, 6) is 0.568. The fourth-order valence-corrected chi connectivity index (χ4v) is 7.13. The van der Waals surface area contributed by atoms with Crippen molar-refractivity contribution in [3.05, 3.63) is 152 Å². The van der Waals surface area contributed by atoms with Crippen LogP contribution >= 0.6 is 0 Å². The monoisotopic (exact) mass is 603 g/mol. The van der Waals surface area contributed by atoms with Crippen molar-refractivity contribution in [1.29, 1.82) is 0 Å². The van der Waals surface area contributed by atoms with E-state index in [1.54, 1.807) is 12.7 Å². The van der Waals surface area contributed by atoms with Crippen LogP contribution in [-0.2, 0) is 0 Å². The van der Waals surface area contributed by atoms with Gasteiger partial charge >= 0.3 is 0 Å². The molecule has 47 heavy (non-hydrogen) atoms. The molecule has 0 spiro atoms. The van der Waals surface area contributed by atoms with Crippen LogP contribution in [0.3, 0.4) is 0 Å². The molecule has 6 aromatic carbocycles. The van der Waals surface area contributed by atoms with E-state index in [1.807, 2.05) is 29.1 Å². The molecule has 0 amide bonds. The highest BCUT2D eigenvalue weighted by atomic mass is 15.3. The lowest BCUT2D eigenvalue weighted by atomic mass is 10.0. The zero-order valence-electron chi connectivity index (χ0n) is 25.1. The second-order valence-electron chi connectivity index (χ2n) is 11.7. The van der Waals surface area contributed by atoms with Crippen molar-refractivity contribution < 1.29 is 0 Å². The Morgan fingerprint density at radius 3 is 1.89 bits per heavy atom. The molecule has 0 N–H and O–H groups in total. The van der Waals surface area contributed by atoms with Gasteiger partial charge in [-0.3, -0.25) is 4.57 Å². The number of aromatic nitrogens is 7. The number of hydrogen-bond acceptors (Lipinski definition) is 4. The topological polar surface area (TPSA) is 66.3 Å². The first-order chi connectivity index (χ1) is 23.3. The molecule has 7 heteroatoms. The van der Waals surface area contributed by atoms with Crippen molar-refractivity contribution in [3.63, 3.8) is 0 Å². The van der Waals surface area contributed by atoms with Gasteiger partial charge in [0.05, 0.1) is 39.5 Å². The third-order valence-electron chi connectivity index (χ3n) is 9.18. The van der Waals surface area contributed by atoms with Crippen molar-refractivity contribution in [2.45, 2.75) is 0 Å². The zero-order valence-corrected chi connectivity index (χ0v) is 25.1. The highest BCUT2D eigenvalue weighted by Crippen LogP contribution is 2.39. The average molecular weight is 604 g/mol. The van der Waals surface area contributed by atoms with Crippen molar-refractivity contribution in [1.82, 2.24) is 33.9 Å². The van der Waals surface area contributed by atoms with E-state index < -0.39 is 0 Å². The highest BCUT2D eigenvalue weighted by molar-refractivity contribution is 6.18. The van der Waals surface area contributed by atoms with Gasteiger partial charge in [0.2, 0.25) is 5.95 Å². The number of rotatable bonds is 4. The molecule has 0 saturated heterocycles. The number of benzene rings is 6. The number of para-hydroxylation sites is 3. The van der Waals surface area contributed by atoms with Crippen LogP contribution in [0.1, 0.15) is 0 Å². The Labute approximate surface area is 268 Å². The van der Waals surface area contributed by atoms with Gasteiger partial charge in [0.15, 0.2) is 0 Å². The van der Waals surface area contributed by atoms with E-state index in [0.29, 0.717) is 5.95 Å². The lowest BCUT2D eigenvalue weighted by Gasteiger charge is -2.09. The molecule has 0 unspecified atom stereocenters. The Morgan fingerprint density at radius 2 is 1.06 bits per heavy atom. The van der Waals surface area contributed by atoms with Crippen molar-refractivity contribution >= 4 is 54.5 Å². The summed E-state index contributed by atoms with van der Waals surface area (Å²) in [5.41, 5.74) is 9.85. The average Bonchev–Trinajstić information content (AvgIpc) is 3.82. The van der Waals surface area contributed by atoms with Gasteiger partial charge in [-0.2, -0.15) is 5.10 Å². The third kappa shape index (κ3) is 3.80. The summed E-state index contributed by atoms with van der Waals surface area (Å²) in [6, 6.07) is 47.2. The molecule has 220 valence electrons. The van der Waals surface area contributed by atoms with Crippen LogP contribution in [-0.4, -0.2) is 33.9 Å². The first kappa shape index (κ1) is 25.7. The standard InChI is InChI=1S/C40H25N7/c1-3-9-28(10-4-1)45-35-14-8-7-13-30(35)33-21-26(16-19-36(33)45)27-15-17-31-32-18-20-37-34(23-44-47(37)29-11-5-2-6-12-29)39(32)46(38(31)22-27)40-42-24-41-25-43-40/h1-25H. The molecule has 0 bridgehead atoms. The summed E-state index contributed by atoms with van der Waals surface area (Å²) in [6.45, 7) is 0. The molecule has 0 radical (unpaired) electrons. The second kappa shape index (κ2) is 9.95. The molecule has 7 nitrogen and oxygen atoms in total. The van der Waals surface area contributed by atoms with Gasteiger partial charge in [-0.1, -0.05) is 72.8 Å². The number of fused-ring (bicyclic) bond motifs is 8. The molecule has 0 atom stereocenters. The number of hydrogen-bond donors (Lipinski definition) is 0. The Bertz CT molecular complexity index is 2780. The first-order valence-electron chi connectivity index (χ1n) is 15.6. The van der Waals surface area contributed by atoms with Crippen molar-refractivity contribution in [3.8, 4) is 28.5 Å². The molecule has 0 fully saturated rings. The van der Waals surface area contributed by atoms with Crippen molar-refractivity contribution in [2.75, 3.05) is 0 Å². The van der Waals surface area contributed by atoms with Gasteiger partial charge in [-0.25, -0.2) is 19.6 Å². The molecule has 0 aliphatic heterocycles. The lowest BCUT2D eigenvalue weighted by Crippen LogP contribution is -2.01. The maximum atomic E-state index is 4.81. The van der Waals surface area contributed by atoms with Gasteiger partial charge in [0, 0.05) is 32.6 Å². The molecule has 4 heterocycles. The Balaban J connectivity index is 1.22. The maximum Gasteiger partial charge on any atom is 0.237 e. The molecule has 10 rings (SSSR count). The maximum absolute atomic E-state index is 4.81. The normalized spacial score (nSPS) is 11.8. The summed E-state index contributed by atoms with van der Waals surface area (Å²) < 4.78 is 6.48. The lowest BCUT2D eigenvalue weighted by molar-refractivity contribution is 0.911. The Morgan fingerprint density at radius 1 is 0.426 bits per heavy atom. The van der Waals surface area contributed by atoms with E-state index in [2.05, 4.69) is 139 Å². The van der Waals surface area contributed by atoms with E-state index in [4.69, 9.17) is 5.10 Å². The molecule has 10 aromatic rings. The fraction of sp³-hybridized carbons (Fsp3) is 0. The molecule has 0 saturated carbocycles. The fourth-order valence-electron chi connectivity index (χ4n) is 7.13. The second-order valence-corrected chi connectivity index (χ2v) is 11.7. The summed E-state index contributed by atoms with van der Waals surface area (Å²) in [6.07, 6.45) is 5.04. The quantitative estimate of drug-likeness (QED) is 0.201. The van der Waals surface area contributed by atoms with E-state index in [1.165, 1.54) is 21.8 Å². The van der Waals surface area contributed by atoms with E-state index in [9.17, 15) is 0 Å². The molecule has 0 aliphatic carbocycles. The van der Waals surface area contributed by atoms with Crippen LogP contribution in [0.5, 0.6) is 0 Å². The van der Waals surface area contributed by atoms with Gasteiger partial charge in [-0.15, -0.1) is 0 Å². The van der Waals surface area contributed by atoms with E-state index >= 15 is 0 Å². The van der Waals surface area contributed by atoms with Gasteiger partial charge < -0.3 is 4.57 Å². The zero-order chi connectivity index (χ0) is 30.9. The van der Waals surface area contributed by atoms with Crippen LogP contribution in [0.4, 0.5) is 0 Å². The smallest absolute Gasteiger partial charge is 0.237 e. The summed E-state index contributed by atoms with van der Waals surface area (Å²) in [4.78, 5) is 13.3. The largest absolute Gasteiger partial charge is 0.309 e. The predicted octanol–water partition coefficient (Wildman–Crippen LogP) is 9.07. The van der Waals surface area contributed by atoms with Gasteiger partial charge in [0.25, 0.3) is 0 Å². The molecule has 4 aromatic heterocycles. The van der Waals surface area contributed by atoms with Gasteiger partial charge in [0.1, 0.15) is 12.7 Å². The number of nitrogens with zero attached hydrogens (tertiary/aromatic N) is 7. The van der Waals surface area contributed by atoms with Gasteiger partial charge in [-0.05, 0) is 71.8 Å².